The Balaban J connectivity index is 1.42. The Labute approximate surface area is 218 Å². The van der Waals surface area contributed by atoms with Crippen LogP contribution in [0.4, 0.5) is 5.13 Å². The van der Waals surface area contributed by atoms with E-state index in [0.29, 0.717) is 21.7 Å². The lowest BCUT2D eigenvalue weighted by Gasteiger charge is -2.30. The van der Waals surface area contributed by atoms with Crippen molar-refractivity contribution < 1.29 is 9.53 Å². The van der Waals surface area contributed by atoms with Crippen LogP contribution in [0.3, 0.4) is 0 Å². The average Bonchev–Trinajstić information content (AvgIpc) is 3.42. The second kappa shape index (κ2) is 11.0. The highest BCUT2D eigenvalue weighted by molar-refractivity contribution is 8.18. The molecular weight excluding hydrogens is 498 g/mol. The van der Waals surface area contributed by atoms with Crippen LogP contribution in [0.1, 0.15) is 48.9 Å². The van der Waals surface area contributed by atoms with E-state index in [2.05, 4.69) is 4.98 Å². The molecule has 0 atom stereocenters. The van der Waals surface area contributed by atoms with Crippen molar-refractivity contribution in [2.24, 2.45) is 4.99 Å². The first-order valence-corrected chi connectivity index (χ1v) is 13.8. The van der Waals surface area contributed by atoms with E-state index in [1.807, 2.05) is 71.8 Å². The first-order valence-electron chi connectivity index (χ1n) is 11.8. The van der Waals surface area contributed by atoms with Crippen LogP contribution in [0.5, 0.6) is 5.75 Å². The number of rotatable bonds is 6. The number of amides is 1. The Bertz CT molecular complexity index is 1260. The van der Waals surface area contributed by atoms with Crippen LogP contribution in [0, 0.1) is 6.92 Å². The number of carbonyl (C=O) groups is 1. The molecule has 2 fully saturated rings. The van der Waals surface area contributed by atoms with Crippen LogP contribution < -0.4 is 4.74 Å². The maximum atomic E-state index is 13.6. The summed E-state index contributed by atoms with van der Waals surface area (Å²) in [5.74, 6) is 0.745. The van der Waals surface area contributed by atoms with E-state index < -0.39 is 0 Å². The van der Waals surface area contributed by atoms with Gasteiger partial charge in [0.25, 0.3) is 5.91 Å². The third-order valence-corrected chi connectivity index (χ3v) is 8.18. The van der Waals surface area contributed by atoms with Crippen molar-refractivity contribution in [3.63, 3.8) is 0 Å². The van der Waals surface area contributed by atoms with E-state index >= 15 is 0 Å². The Morgan fingerprint density at radius 3 is 2.66 bits per heavy atom. The minimum Gasteiger partial charge on any atom is -0.488 e. The van der Waals surface area contributed by atoms with Gasteiger partial charge in [-0.1, -0.05) is 61.2 Å². The lowest BCUT2D eigenvalue weighted by molar-refractivity contribution is -0.124. The summed E-state index contributed by atoms with van der Waals surface area (Å²) < 4.78 is 6.12. The number of ether oxygens (including phenoxy) is 1. The number of carbonyl (C=O) groups excluding carboxylic acids is 1. The third kappa shape index (κ3) is 5.80. The largest absolute Gasteiger partial charge is 0.488 e. The zero-order chi connectivity index (χ0) is 24.2. The summed E-state index contributed by atoms with van der Waals surface area (Å²) in [6, 6.07) is 15.6. The summed E-state index contributed by atoms with van der Waals surface area (Å²) in [7, 11) is 0. The van der Waals surface area contributed by atoms with Crippen LogP contribution in [0.15, 0.2) is 63.8 Å². The molecule has 5 rings (SSSR count). The highest BCUT2D eigenvalue weighted by atomic mass is 35.5. The quantitative estimate of drug-likeness (QED) is 0.312. The SMILES string of the molecule is Cc1csc(/N=C2/S/C(=C\c3ccccc3OCc3ccc(Cl)cc3)C(=O)N2C2CCCCC2)n1. The number of thioether (sulfide) groups is 1. The molecule has 2 aliphatic rings. The van der Waals surface area contributed by atoms with Gasteiger partial charge in [-0.05, 0) is 61.4 Å². The van der Waals surface area contributed by atoms with Crippen molar-refractivity contribution in [3.05, 3.63) is 80.7 Å². The number of hydrogen-bond donors (Lipinski definition) is 0. The molecule has 2 aromatic carbocycles. The first-order chi connectivity index (χ1) is 17.1. The zero-order valence-electron chi connectivity index (χ0n) is 19.4. The number of thiazole rings is 1. The Morgan fingerprint density at radius 1 is 1.14 bits per heavy atom. The van der Waals surface area contributed by atoms with Crippen LogP contribution in [-0.2, 0) is 11.4 Å². The van der Waals surface area contributed by atoms with Crippen molar-refractivity contribution in [2.45, 2.75) is 51.7 Å². The molecule has 5 nitrogen and oxygen atoms in total. The number of aromatic nitrogens is 1. The molecule has 35 heavy (non-hydrogen) atoms. The third-order valence-electron chi connectivity index (χ3n) is 6.09. The molecule has 3 aromatic rings. The summed E-state index contributed by atoms with van der Waals surface area (Å²) in [6.07, 6.45) is 7.46. The van der Waals surface area contributed by atoms with Crippen LogP contribution in [0.2, 0.25) is 5.02 Å². The van der Waals surface area contributed by atoms with Gasteiger partial charge >= 0.3 is 0 Å². The number of aryl methyl sites for hydroxylation is 1. The second-order valence-corrected chi connectivity index (χ2v) is 11.0. The molecule has 0 unspecified atom stereocenters. The number of nitrogens with zero attached hydrogens (tertiary/aromatic N) is 3. The monoisotopic (exact) mass is 523 g/mol. The van der Waals surface area contributed by atoms with E-state index in [1.54, 1.807) is 0 Å². The van der Waals surface area contributed by atoms with Crippen LogP contribution >= 0.6 is 34.7 Å². The fourth-order valence-electron chi connectivity index (χ4n) is 4.31. The lowest BCUT2D eigenvalue weighted by atomic mass is 9.94. The van der Waals surface area contributed by atoms with Gasteiger partial charge in [-0.15, -0.1) is 11.3 Å². The van der Waals surface area contributed by atoms with Crippen molar-refractivity contribution >= 4 is 57.0 Å². The molecule has 0 spiro atoms. The number of amidine groups is 1. The van der Waals surface area contributed by atoms with Crippen LogP contribution in [0.25, 0.3) is 6.08 Å². The van der Waals surface area contributed by atoms with Crippen molar-refractivity contribution in [3.8, 4) is 5.75 Å². The number of para-hydroxylation sites is 1. The molecule has 0 radical (unpaired) electrons. The minimum atomic E-state index is 0.0152. The maximum Gasteiger partial charge on any atom is 0.267 e. The molecule has 180 valence electrons. The number of aliphatic imine (C=N–C) groups is 1. The predicted molar refractivity (Wildman–Crippen MR) is 145 cm³/mol. The summed E-state index contributed by atoms with van der Waals surface area (Å²) in [4.78, 5) is 25.5. The number of hydrogen-bond acceptors (Lipinski definition) is 6. The minimum absolute atomic E-state index is 0.0152. The summed E-state index contributed by atoms with van der Waals surface area (Å²) in [5.41, 5.74) is 2.84. The lowest BCUT2D eigenvalue weighted by Crippen LogP contribution is -2.40. The molecule has 0 bridgehead atoms. The van der Waals surface area contributed by atoms with E-state index in [9.17, 15) is 4.79 Å². The molecular formula is C27H26ClN3O2S2. The van der Waals surface area contributed by atoms with Crippen molar-refractivity contribution in [1.82, 2.24) is 9.88 Å². The Hall–Kier alpha value is -2.61. The van der Waals surface area contributed by atoms with Crippen molar-refractivity contribution in [2.75, 3.05) is 0 Å². The smallest absolute Gasteiger partial charge is 0.267 e. The molecule has 1 aliphatic heterocycles. The van der Waals surface area contributed by atoms with Gasteiger partial charge in [-0.2, -0.15) is 4.99 Å². The molecule has 0 N–H and O–H groups in total. The molecule has 1 aliphatic carbocycles. The van der Waals surface area contributed by atoms with Gasteiger partial charge in [0.2, 0.25) is 5.13 Å². The molecule has 1 aromatic heterocycles. The van der Waals surface area contributed by atoms with Gasteiger partial charge in [0.15, 0.2) is 5.17 Å². The number of halogens is 1. The van der Waals surface area contributed by atoms with E-state index in [1.165, 1.54) is 29.5 Å². The van der Waals surface area contributed by atoms with Crippen molar-refractivity contribution in [1.29, 1.82) is 0 Å². The first kappa shape index (κ1) is 24.1. The van der Waals surface area contributed by atoms with Gasteiger partial charge in [-0.3, -0.25) is 9.69 Å². The van der Waals surface area contributed by atoms with Crippen LogP contribution in [-0.4, -0.2) is 27.0 Å². The topological polar surface area (TPSA) is 54.8 Å². The van der Waals surface area contributed by atoms with E-state index in [0.717, 1.165) is 53.4 Å². The molecule has 8 heteroatoms. The molecule has 1 saturated heterocycles. The van der Waals surface area contributed by atoms with Gasteiger partial charge < -0.3 is 4.74 Å². The fourth-order valence-corrected chi connectivity index (χ4v) is 6.19. The normalized spacial score (nSPS) is 19.1. The Kier molecular flexibility index (Phi) is 7.56. The average molecular weight is 524 g/mol. The Morgan fingerprint density at radius 2 is 1.91 bits per heavy atom. The summed E-state index contributed by atoms with van der Waals surface area (Å²) in [6.45, 7) is 2.38. The standard InChI is InChI=1S/C27H26ClN3O2S2/c1-18-17-34-26(29-18)30-27-31(22-8-3-2-4-9-22)25(32)24(35-27)15-20-7-5-6-10-23(20)33-16-19-11-13-21(28)14-12-19/h5-7,10-15,17,22H,2-4,8-9,16H2,1H3/b24-15-,30-27+. The predicted octanol–water partition coefficient (Wildman–Crippen LogP) is 7.62. The summed E-state index contributed by atoms with van der Waals surface area (Å²) in [5, 5.41) is 4.09. The zero-order valence-corrected chi connectivity index (χ0v) is 21.8. The summed E-state index contributed by atoms with van der Waals surface area (Å²) >= 11 is 8.92. The number of benzene rings is 2. The van der Waals surface area contributed by atoms with E-state index in [-0.39, 0.29) is 11.9 Å². The fraction of sp³-hybridized carbons (Fsp3) is 0.296. The second-order valence-electron chi connectivity index (χ2n) is 8.70. The van der Waals surface area contributed by atoms with Gasteiger partial charge in [0.05, 0.1) is 10.6 Å². The van der Waals surface area contributed by atoms with Gasteiger partial charge in [-0.25, -0.2) is 4.98 Å². The van der Waals surface area contributed by atoms with Gasteiger partial charge in [0.1, 0.15) is 12.4 Å². The van der Waals surface area contributed by atoms with Gasteiger partial charge in [0, 0.05) is 22.0 Å². The maximum absolute atomic E-state index is 13.6. The molecule has 1 amide bonds. The van der Waals surface area contributed by atoms with E-state index in [4.69, 9.17) is 21.3 Å². The highest BCUT2D eigenvalue weighted by Crippen LogP contribution is 2.39. The molecule has 1 saturated carbocycles. The highest BCUT2D eigenvalue weighted by Gasteiger charge is 2.39. The molecule has 2 heterocycles.